The molecule has 1 N–H and O–H groups in total. The van der Waals surface area contributed by atoms with Gasteiger partial charge in [-0.3, -0.25) is 4.79 Å². The molecule has 0 bridgehead atoms. The summed E-state index contributed by atoms with van der Waals surface area (Å²) in [7, 11) is 0. The van der Waals surface area contributed by atoms with E-state index < -0.39 is 23.3 Å². The van der Waals surface area contributed by atoms with Gasteiger partial charge in [0.2, 0.25) is 0 Å². The smallest absolute Gasteiger partial charge is 0.410 e. The third-order valence-corrected chi connectivity index (χ3v) is 6.90. The second-order valence-electron chi connectivity index (χ2n) is 10.4. The highest BCUT2D eigenvalue weighted by atomic mass is 35.5. The maximum absolute atomic E-state index is 13.8. The average molecular weight is 501 g/mol. The van der Waals surface area contributed by atoms with Crippen LogP contribution in [0.2, 0.25) is 10.2 Å². The third kappa shape index (κ3) is 4.55. The number of nitrogens with zero attached hydrogens (tertiary/aromatic N) is 4. The van der Waals surface area contributed by atoms with Gasteiger partial charge in [0.15, 0.2) is 10.9 Å². The van der Waals surface area contributed by atoms with Gasteiger partial charge in [-0.05, 0) is 41.0 Å². The van der Waals surface area contributed by atoms with Crippen molar-refractivity contribution in [1.29, 1.82) is 0 Å². The van der Waals surface area contributed by atoms with Crippen LogP contribution in [0.25, 0.3) is 0 Å². The van der Waals surface area contributed by atoms with Crippen molar-refractivity contribution in [2.75, 3.05) is 37.7 Å². The number of anilines is 1. The number of carbonyl (C=O) groups is 2. The van der Waals surface area contributed by atoms with Gasteiger partial charge in [-0.15, -0.1) is 0 Å². The number of hydrogen-bond acceptors (Lipinski definition) is 7. The number of pyridine rings is 1. The Bertz CT molecular complexity index is 981. The summed E-state index contributed by atoms with van der Waals surface area (Å²) in [5, 5.41) is 10.4. The Morgan fingerprint density at radius 2 is 1.94 bits per heavy atom. The molecule has 0 aromatic carbocycles. The minimum absolute atomic E-state index is 0.0330. The van der Waals surface area contributed by atoms with Crippen molar-refractivity contribution in [3.05, 3.63) is 15.7 Å². The minimum Gasteiger partial charge on any atom is -0.489 e. The topological polar surface area (TPSA) is 95.4 Å². The minimum atomic E-state index is -0.613. The number of halogens is 2. The van der Waals surface area contributed by atoms with Crippen molar-refractivity contribution >= 4 is 41.0 Å². The van der Waals surface area contributed by atoms with Crippen LogP contribution < -0.4 is 9.64 Å². The quantitative estimate of drug-likeness (QED) is 0.591. The van der Waals surface area contributed by atoms with Crippen molar-refractivity contribution < 1.29 is 24.2 Å². The van der Waals surface area contributed by atoms with E-state index in [9.17, 15) is 14.7 Å². The van der Waals surface area contributed by atoms with E-state index in [4.69, 9.17) is 32.7 Å². The van der Waals surface area contributed by atoms with Gasteiger partial charge < -0.3 is 29.3 Å². The summed E-state index contributed by atoms with van der Waals surface area (Å²) < 4.78 is 11.5. The number of hydrogen-bond donors (Lipinski definition) is 1. The lowest BCUT2D eigenvalue weighted by Crippen LogP contribution is -2.58. The number of aromatic nitrogens is 1. The number of fused-ring (bicyclic) bond motifs is 2. The number of rotatable bonds is 1. The van der Waals surface area contributed by atoms with Gasteiger partial charge in [-0.2, -0.15) is 0 Å². The van der Waals surface area contributed by atoms with E-state index in [0.29, 0.717) is 31.9 Å². The lowest BCUT2D eigenvalue weighted by atomic mass is 10.0. The zero-order valence-electron chi connectivity index (χ0n) is 19.5. The molecule has 2 fully saturated rings. The predicted octanol–water partition coefficient (Wildman–Crippen LogP) is 3.19. The van der Waals surface area contributed by atoms with Crippen LogP contribution in [-0.4, -0.2) is 88.0 Å². The molecule has 0 spiro atoms. The third-order valence-electron chi connectivity index (χ3n) is 6.18. The first-order valence-electron chi connectivity index (χ1n) is 11.0. The second-order valence-corrected chi connectivity index (χ2v) is 11.2. The molecule has 4 rings (SSSR count). The Balaban J connectivity index is 1.68. The molecule has 2 atom stereocenters. The predicted molar refractivity (Wildman–Crippen MR) is 124 cm³/mol. The van der Waals surface area contributed by atoms with Crippen LogP contribution in [0.15, 0.2) is 0 Å². The summed E-state index contributed by atoms with van der Waals surface area (Å²) in [4.78, 5) is 36.0. The number of aliphatic hydroxyl groups excluding tert-OH is 1. The van der Waals surface area contributed by atoms with Gasteiger partial charge in [-0.1, -0.05) is 23.2 Å². The van der Waals surface area contributed by atoms with E-state index in [1.165, 1.54) is 0 Å². The standard InChI is InChI=1S/C22H30Cl2N4O5/c1-21(2,3)33-20(31)26-6-7-27-12(9-26)11-32-16-14(19(27)30)18(25-17(24)15(16)23)28-10-13(29)8-22(28,4)5/h12-13,29H,6-11H2,1-5H3. The molecule has 0 aliphatic carbocycles. The van der Waals surface area contributed by atoms with E-state index in [-0.39, 0.29) is 46.6 Å². The Hall–Kier alpha value is -1.97. The number of aliphatic hydroxyl groups is 1. The van der Waals surface area contributed by atoms with Crippen molar-refractivity contribution in [3.8, 4) is 5.75 Å². The largest absolute Gasteiger partial charge is 0.489 e. The van der Waals surface area contributed by atoms with Gasteiger partial charge in [-0.25, -0.2) is 9.78 Å². The highest BCUT2D eigenvalue weighted by Gasteiger charge is 2.45. The molecule has 2 unspecified atom stereocenters. The monoisotopic (exact) mass is 500 g/mol. The van der Waals surface area contributed by atoms with Crippen molar-refractivity contribution in [1.82, 2.24) is 14.8 Å². The summed E-state index contributed by atoms with van der Waals surface area (Å²) in [5.74, 6) is 0.253. The number of β-amino-alcohol motifs (C(OH)–C–C–N with tert-alkyl or cyclic N) is 1. The van der Waals surface area contributed by atoms with Gasteiger partial charge in [0.1, 0.15) is 28.6 Å². The molecule has 1 aromatic heterocycles. The zero-order chi connectivity index (χ0) is 24.3. The highest BCUT2D eigenvalue weighted by Crippen LogP contribution is 2.45. The lowest BCUT2D eigenvalue weighted by molar-refractivity contribution is 0.000952. The molecule has 2 amide bonds. The SMILES string of the molecule is CC(C)(C)OC(=O)N1CCN2C(=O)c3c(N4CC(O)CC4(C)C)nc(Cl)c(Cl)c3OCC2C1. The first kappa shape index (κ1) is 24.2. The van der Waals surface area contributed by atoms with Crippen LogP contribution in [0.4, 0.5) is 10.6 Å². The fourth-order valence-corrected chi connectivity index (χ4v) is 5.05. The van der Waals surface area contributed by atoms with E-state index >= 15 is 0 Å². The summed E-state index contributed by atoms with van der Waals surface area (Å²) >= 11 is 12.8. The fraction of sp³-hybridized carbons (Fsp3) is 0.682. The van der Waals surface area contributed by atoms with Crippen LogP contribution in [0.3, 0.4) is 0 Å². The molecule has 33 heavy (non-hydrogen) atoms. The van der Waals surface area contributed by atoms with Crippen LogP contribution in [0, 0.1) is 0 Å². The zero-order valence-corrected chi connectivity index (χ0v) is 21.0. The van der Waals surface area contributed by atoms with E-state index in [1.807, 2.05) is 39.5 Å². The highest BCUT2D eigenvalue weighted by molar-refractivity contribution is 6.42. The van der Waals surface area contributed by atoms with Gasteiger partial charge in [0, 0.05) is 31.7 Å². The van der Waals surface area contributed by atoms with Gasteiger partial charge in [0.25, 0.3) is 5.91 Å². The summed E-state index contributed by atoms with van der Waals surface area (Å²) in [6, 6.07) is -0.383. The number of piperazine rings is 1. The number of amides is 2. The van der Waals surface area contributed by atoms with E-state index in [1.54, 1.807) is 9.80 Å². The van der Waals surface area contributed by atoms with Gasteiger partial charge in [0.05, 0.1) is 12.1 Å². The van der Waals surface area contributed by atoms with Crippen LogP contribution in [-0.2, 0) is 4.74 Å². The van der Waals surface area contributed by atoms with Crippen molar-refractivity contribution in [2.45, 2.75) is 64.3 Å². The Labute approximate surface area is 203 Å². The van der Waals surface area contributed by atoms with Crippen molar-refractivity contribution in [2.24, 2.45) is 0 Å². The molecular weight excluding hydrogens is 471 g/mol. The summed E-state index contributed by atoms with van der Waals surface area (Å²) in [5.41, 5.74) is -0.823. The van der Waals surface area contributed by atoms with Gasteiger partial charge >= 0.3 is 6.09 Å². The molecule has 3 aliphatic rings. The average Bonchev–Trinajstić information content (AvgIpc) is 2.89. The van der Waals surface area contributed by atoms with Crippen molar-refractivity contribution in [3.63, 3.8) is 0 Å². The molecule has 4 heterocycles. The molecular formula is C22H30Cl2N4O5. The van der Waals surface area contributed by atoms with Crippen LogP contribution in [0.1, 0.15) is 51.4 Å². The molecule has 0 radical (unpaired) electrons. The Kier molecular flexibility index (Phi) is 6.12. The van der Waals surface area contributed by atoms with Crippen LogP contribution >= 0.6 is 23.2 Å². The molecule has 3 aliphatic heterocycles. The van der Waals surface area contributed by atoms with E-state index in [2.05, 4.69) is 4.98 Å². The molecule has 2 saturated heterocycles. The van der Waals surface area contributed by atoms with Crippen LogP contribution in [0.5, 0.6) is 5.75 Å². The summed E-state index contributed by atoms with van der Waals surface area (Å²) in [6.45, 7) is 10.8. The molecule has 0 saturated carbocycles. The maximum Gasteiger partial charge on any atom is 0.410 e. The Morgan fingerprint density at radius 1 is 1.24 bits per heavy atom. The molecule has 182 valence electrons. The Morgan fingerprint density at radius 3 is 2.55 bits per heavy atom. The number of ether oxygens (including phenoxy) is 2. The van der Waals surface area contributed by atoms with E-state index in [0.717, 1.165) is 0 Å². The summed E-state index contributed by atoms with van der Waals surface area (Å²) in [6.07, 6.45) is -0.456. The molecule has 9 nitrogen and oxygen atoms in total. The molecule has 11 heteroatoms. The first-order chi connectivity index (χ1) is 15.3. The maximum atomic E-state index is 13.8. The fourth-order valence-electron chi connectivity index (χ4n) is 4.69. The second kappa shape index (κ2) is 8.36. The lowest BCUT2D eigenvalue weighted by Gasteiger charge is -2.40. The first-order valence-corrected chi connectivity index (χ1v) is 11.8. The normalized spacial score (nSPS) is 24.7. The number of carbonyl (C=O) groups excluding carboxylic acids is 2. The molecule has 1 aromatic rings.